The van der Waals surface area contributed by atoms with Gasteiger partial charge in [0.05, 0.1) is 19.4 Å². The molecule has 7 heteroatoms. The Morgan fingerprint density at radius 2 is 2.15 bits per heavy atom. The molecule has 0 radical (unpaired) electrons. The van der Waals surface area contributed by atoms with Crippen LogP contribution < -0.4 is 10.5 Å². The van der Waals surface area contributed by atoms with Crippen LogP contribution in [0.15, 0.2) is 29.3 Å². The SMILES string of the molecule is CCOc1cccc(N=C(C(=O)OC)C(N)C(=O)O)c1. The van der Waals surface area contributed by atoms with Gasteiger partial charge in [0.25, 0.3) is 0 Å². The summed E-state index contributed by atoms with van der Waals surface area (Å²) in [5.74, 6) is -1.70. The number of nitrogens with two attached hydrogens (primary N) is 1. The van der Waals surface area contributed by atoms with Crippen molar-refractivity contribution in [1.82, 2.24) is 0 Å². The first-order chi connectivity index (χ1) is 9.49. The highest BCUT2D eigenvalue weighted by Gasteiger charge is 2.26. The monoisotopic (exact) mass is 280 g/mol. The van der Waals surface area contributed by atoms with Gasteiger partial charge in [-0.2, -0.15) is 0 Å². The standard InChI is InChI=1S/C13H16N2O5/c1-3-20-9-6-4-5-8(7-9)15-11(13(18)19-2)10(14)12(16)17/h4-7,10H,3,14H2,1-2H3,(H,16,17). The lowest BCUT2D eigenvalue weighted by atomic mass is 10.2. The minimum atomic E-state index is -1.56. The molecule has 1 aromatic carbocycles. The summed E-state index contributed by atoms with van der Waals surface area (Å²) in [5.41, 5.74) is 5.39. The first-order valence-corrected chi connectivity index (χ1v) is 5.87. The van der Waals surface area contributed by atoms with Gasteiger partial charge in [-0.05, 0) is 19.1 Å². The van der Waals surface area contributed by atoms with Gasteiger partial charge in [-0.1, -0.05) is 6.07 Å². The highest BCUT2D eigenvalue weighted by atomic mass is 16.5. The molecule has 0 spiro atoms. The Labute approximate surface area is 116 Å². The van der Waals surface area contributed by atoms with Gasteiger partial charge < -0.3 is 20.3 Å². The van der Waals surface area contributed by atoms with E-state index in [9.17, 15) is 9.59 Å². The van der Waals surface area contributed by atoms with E-state index in [2.05, 4.69) is 9.73 Å². The van der Waals surface area contributed by atoms with Crippen molar-refractivity contribution in [2.75, 3.05) is 13.7 Å². The van der Waals surface area contributed by atoms with Crippen LogP contribution >= 0.6 is 0 Å². The van der Waals surface area contributed by atoms with Crippen molar-refractivity contribution >= 4 is 23.3 Å². The number of hydrogen-bond acceptors (Lipinski definition) is 6. The van der Waals surface area contributed by atoms with Crippen molar-refractivity contribution in [3.05, 3.63) is 24.3 Å². The van der Waals surface area contributed by atoms with E-state index in [0.29, 0.717) is 18.0 Å². The van der Waals surface area contributed by atoms with Crippen molar-refractivity contribution < 1.29 is 24.2 Å². The molecule has 0 aliphatic heterocycles. The number of hydrogen-bond donors (Lipinski definition) is 2. The molecule has 1 rings (SSSR count). The Balaban J connectivity index is 3.15. The van der Waals surface area contributed by atoms with Gasteiger partial charge in [0.2, 0.25) is 0 Å². The number of esters is 1. The maximum Gasteiger partial charge on any atom is 0.354 e. The molecule has 0 aliphatic carbocycles. The van der Waals surface area contributed by atoms with E-state index >= 15 is 0 Å². The molecule has 1 atom stereocenters. The summed E-state index contributed by atoms with van der Waals surface area (Å²) >= 11 is 0. The van der Waals surface area contributed by atoms with Crippen LogP contribution in [-0.4, -0.2) is 42.5 Å². The number of carbonyl (C=O) groups excluding carboxylic acids is 1. The van der Waals surface area contributed by atoms with Crippen LogP contribution in [0, 0.1) is 0 Å². The number of aliphatic imine (C=N–C) groups is 1. The van der Waals surface area contributed by atoms with E-state index in [4.69, 9.17) is 15.6 Å². The summed E-state index contributed by atoms with van der Waals surface area (Å²) < 4.78 is 9.78. The van der Waals surface area contributed by atoms with Crippen molar-refractivity contribution in [3.8, 4) is 5.75 Å². The highest BCUT2D eigenvalue weighted by Crippen LogP contribution is 2.20. The van der Waals surface area contributed by atoms with Gasteiger partial charge in [-0.25, -0.2) is 9.79 Å². The fourth-order valence-electron chi connectivity index (χ4n) is 1.41. The minimum Gasteiger partial charge on any atom is -0.494 e. The van der Waals surface area contributed by atoms with Crippen LogP contribution in [-0.2, 0) is 14.3 Å². The Hall–Kier alpha value is -2.41. The van der Waals surface area contributed by atoms with Crippen LogP contribution in [0.25, 0.3) is 0 Å². The number of rotatable bonds is 6. The van der Waals surface area contributed by atoms with Gasteiger partial charge in [-0.15, -0.1) is 0 Å². The molecule has 108 valence electrons. The molecule has 1 unspecified atom stereocenters. The number of carboxylic acid groups (broad SMARTS) is 1. The molecule has 0 heterocycles. The van der Waals surface area contributed by atoms with Crippen LogP contribution in [0.5, 0.6) is 5.75 Å². The third-order valence-electron chi connectivity index (χ3n) is 2.33. The molecule has 0 saturated carbocycles. The van der Waals surface area contributed by atoms with Crippen LogP contribution in [0.4, 0.5) is 5.69 Å². The lowest BCUT2D eigenvalue weighted by Gasteiger charge is -2.09. The molecule has 0 aliphatic rings. The van der Waals surface area contributed by atoms with Gasteiger partial charge in [0.1, 0.15) is 5.75 Å². The summed E-state index contributed by atoms with van der Waals surface area (Å²) in [6.07, 6.45) is 0. The quantitative estimate of drug-likeness (QED) is 0.587. The maximum absolute atomic E-state index is 11.5. The Morgan fingerprint density at radius 1 is 1.45 bits per heavy atom. The zero-order valence-corrected chi connectivity index (χ0v) is 11.2. The number of methoxy groups -OCH3 is 1. The van der Waals surface area contributed by atoms with Gasteiger partial charge in [0.15, 0.2) is 11.8 Å². The van der Waals surface area contributed by atoms with E-state index in [0.717, 1.165) is 7.11 Å². The van der Waals surface area contributed by atoms with Crippen molar-refractivity contribution in [2.45, 2.75) is 13.0 Å². The summed E-state index contributed by atoms with van der Waals surface area (Å²) in [5, 5.41) is 8.88. The predicted molar refractivity (Wildman–Crippen MR) is 72.3 cm³/mol. The molecule has 0 fully saturated rings. The Kier molecular flexibility index (Phi) is 5.67. The number of ether oxygens (including phenoxy) is 2. The van der Waals surface area contributed by atoms with Crippen LogP contribution in [0.3, 0.4) is 0 Å². The van der Waals surface area contributed by atoms with E-state index in [1.807, 2.05) is 6.92 Å². The van der Waals surface area contributed by atoms with Crippen LogP contribution in [0.2, 0.25) is 0 Å². The maximum atomic E-state index is 11.5. The van der Waals surface area contributed by atoms with Crippen molar-refractivity contribution in [1.29, 1.82) is 0 Å². The van der Waals surface area contributed by atoms with Crippen molar-refractivity contribution in [2.24, 2.45) is 10.7 Å². The molecule has 0 amide bonds. The molecule has 3 N–H and O–H groups in total. The Bertz CT molecular complexity index is 527. The molecule has 7 nitrogen and oxygen atoms in total. The first-order valence-electron chi connectivity index (χ1n) is 5.87. The van der Waals surface area contributed by atoms with Gasteiger partial charge in [-0.3, -0.25) is 4.79 Å². The second kappa shape index (κ2) is 7.25. The molecule has 20 heavy (non-hydrogen) atoms. The summed E-state index contributed by atoms with van der Waals surface area (Å²) in [6.45, 7) is 2.31. The normalized spacial score (nSPS) is 12.7. The van der Waals surface area contributed by atoms with E-state index < -0.39 is 18.0 Å². The number of carboxylic acids is 1. The topological polar surface area (TPSA) is 111 Å². The molecule has 0 aromatic heterocycles. The lowest BCUT2D eigenvalue weighted by Crippen LogP contribution is -2.43. The minimum absolute atomic E-state index is 0.355. The first kappa shape index (κ1) is 15.6. The van der Waals surface area contributed by atoms with E-state index in [-0.39, 0.29) is 5.71 Å². The predicted octanol–water partition coefficient (Wildman–Crippen LogP) is 0.743. The number of benzene rings is 1. The summed E-state index contributed by atoms with van der Waals surface area (Å²) in [7, 11) is 1.13. The lowest BCUT2D eigenvalue weighted by molar-refractivity contribution is -0.139. The molecule has 1 aromatic rings. The smallest absolute Gasteiger partial charge is 0.354 e. The van der Waals surface area contributed by atoms with Gasteiger partial charge >= 0.3 is 11.9 Å². The molecular weight excluding hydrogens is 264 g/mol. The number of nitrogens with zero attached hydrogens (tertiary/aromatic N) is 1. The highest BCUT2D eigenvalue weighted by molar-refractivity contribution is 6.42. The summed E-state index contributed by atoms with van der Waals surface area (Å²) in [4.78, 5) is 26.4. The molecule has 0 bridgehead atoms. The van der Waals surface area contributed by atoms with Gasteiger partial charge in [0, 0.05) is 6.07 Å². The fourth-order valence-corrected chi connectivity index (χ4v) is 1.41. The largest absolute Gasteiger partial charge is 0.494 e. The molecule has 0 saturated heterocycles. The third-order valence-corrected chi connectivity index (χ3v) is 2.33. The fraction of sp³-hybridized carbons (Fsp3) is 0.308. The second-order valence-corrected chi connectivity index (χ2v) is 3.73. The number of carbonyl (C=O) groups is 2. The van der Waals surface area contributed by atoms with E-state index in [1.165, 1.54) is 0 Å². The average Bonchev–Trinajstić information content (AvgIpc) is 2.44. The van der Waals surface area contributed by atoms with E-state index in [1.54, 1.807) is 24.3 Å². The zero-order valence-electron chi connectivity index (χ0n) is 11.2. The number of aliphatic carboxylic acids is 1. The Morgan fingerprint density at radius 3 is 2.70 bits per heavy atom. The van der Waals surface area contributed by atoms with Crippen LogP contribution in [0.1, 0.15) is 6.92 Å². The second-order valence-electron chi connectivity index (χ2n) is 3.73. The molecular formula is C13H16N2O5. The summed E-state index contributed by atoms with van der Waals surface area (Å²) in [6, 6.07) is 5.00. The average molecular weight is 280 g/mol. The zero-order chi connectivity index (χ0) is 15.1. The van der Waals surface area contributed by atoms with Crippen molar-refractivity contribution in [3.63, 3.8) is 0 Å². The third kappa shape index (κ3) is 4.06.